The number of aliphatic hydroxyl groups is 1. The van der Waals surface area contributed by atoms with Gasteiger partial charge in [0.2, 0.25) is 0 Å². The molecule has 0 spiro atoms. The number of hydrogen-bond acceptors (Lipinski definition) is 3. The summed E-state index contributed by atoms with van der Waals surface area (Å²) in [4.78, 5) is 10.9. The van der Waals surface area contributed by atoms with Crippen LogP contribution in [0.2, 0.25) is 0 Å². The average Bonchev–Trinajstić information content (AvgIpc) is 2.29. The Morgan fingerprint density at radius 2 is 2.33 bits per heavy atom. The summed E-state index contributed by atoms with van der Waals surface area (Å²) >= 11 is 0. The molecule has 0 aliphatic heterocycles. The van der Waals surface area contributed by atoms with E-state index >= 15 is 0 Å². The van der Waals surface area contributed by atoms with Crippen LogP contribution in [0.4, 0.5) is 0 Å². The molecule has 1 heterocycles. The van der Waals surface area contributed by atoms with Crippen LogP contribution >= 0.6 is 0 Å². The Kier molecular flexibility index (Phi) is 2.38. The van der Waals surface area contributed by atoms with E-state index in [1.807, 2.05) is 0 Å². The van der Waals surface area contributed by atoms with Gasteiger partial charge in [0, 0.05) is 6.07 Å². The van der Waals surface area contributed by atoms with Crippen LogP contribution in [-0.4, -0.2) is 15.4 Å². The standard InChI is InChI=1S/C8H13NO3/c1-8(2,11)4-5-9-7(10)3-6-12-9/h3,6,11H,4-5H2,1-2H3. The van der Waals surface area contributed by atoms with Gasteiger partial charge in [-0.2, -0.15) is 4.74 Å². The van der Waals surface area contributed by atoms with Gasteiger partial charge in [-0.05, 0) is 20.3 Å². The van der Waals surface area contributed by atoms with Crippen molar-refractivity contribution in [2.75, 3.05) is 0 Å². The first-order chi connectivity index (χ1) is 5.49. The van der Waals surface area contributed by atoms with E-state index in [-0.39, 0.29) is 5.56 Å². The summed E-state index contributed by atoms with van der Waals surface area (Å²) in [7, 11) is 0. The molecule has 0 amide bonds. The van der Waals surface area contributed by atoms with Crippen LogP contribution in [0.25, 0.3) is 0 Å². The normalized spacial score (nSPS) is 11.9. The Balaban J connectivity index is 2.55. The van der Waals surface area contributed by atoms with Gasteiger partial charge in [0.25, 0.3) is 5.56 Å². The molecule has 0 saturated carbocycles. The molecule has 1 rings (SSSR count). The molecule has 1 aromatic heterocycles. The van der Waals surface area contributed by atoms with Crippen LogP contribution < -0.4 is 5.56 Å². The van der Waals surface area contributed by atoms with Crippen molar-refractivity contribution in [2.45, 2.75) is 32.4 Å². The first-order valence-electron chi connectivity index (χ1n) is 3.86. The minimum atomic E-state index is -0.758. The molecule has 4 heteroatoms. The molecular weight excluding hydrogens is 158 g/mol. The van der Waals surface area contributed by atoms with E-state index in [4.69, 9.17) is 4.52 Å². The van der Waals surface area contributed by atoms with E-state index in [0.29, 0.717) is 13.0 Å². The third-order valence-corrected chi connectivity index (χ3v) is 1.57. The summed E-state index contributed by atoms with van der Waals surface area (Å²) in [6, 6.07) is 1.35. The molecule has 0 aliphatic rings. The summed E-state index contributed by atoms with van der Waals surface area (Å²) < 4.78 is 6.07. The zero-order chi connectivity index (χ0) is 9.19. The third kappa shape index (κ3) is 2.54. The van der Waals surface area contributed by atoms with E-state index in [1.54, 1.807) is 13.8 Å². The Labute approximate surface area is 70.4 Å². The summed E-state index contributed by atoms with van der Waals surface area (Å²) in [6.07, 6.45) is 1.84. The fourth-order valence-electron chi connectivity index (χ4n) is 0.835. The molecule has 0 atom stereocenters. The lowest BCUT2D eigenvalue weighted by Gasteiger charge is -2.15. The molecule has 0 aromatic carbocycles. The molecule has 4 nitrogen and oxygen atoms in total. The number of hydrogen-bond donors (Lipinski definition) is 1. The molecule has 0 unspecified atom stereocenters. The van der Waals surface area contributed by atoms with Crippen LogP contribution in [0.1, 0.15) is 20.3 Å². The van der Waals surface area contributed by atoms with E-state index in [0.717, 1.165) is 0 Å². The summed E-state index contributed by atoms with van der Waals surface area (Å²) in [5.74, 6) is 0. The van der Waals surface area contributed by atoms with E-state index in [9.17, 15) is 9.90 Å². The third-order valence-electron chi connectivity index (χ3n) is 1.57. The molecule has 1 aromatic rings. The fraction of sp³-hybridized carbons (Fsp3) is 0.625. The first kappa shape index (κ1) is 9.06. The summed E-state index contributed by atoms with van der Waals surface area (Å²) in [6.45, 7) is 3.80. The van der Waals surface area contributed by atoms with Crippen LogP contribution in [-0.2, 0) is 6.54 Å². The highest BCUT2D eigenvalue weighted by Gasteiger charge is 2.13. The van der Waals surface area contributed by atoms with Gasteiger partial charge in [0.15, 0.2) is 0 Å². The largest absolute Gasteiger partial charge is 0.390 e. The SMILES string of the molecule is CC(C)(O)CCn1occc1=O. The molecule has 0 saturated heterocycles. The second-order valence-corrected chi connectivity index (χ2v) is 3.41. The van der Waals surface area contributed by atoms with E-state index < -0.39 is 5.60 Å². The number of nitrogens with zero attached hydrogens (tertiary/aromatic N) is 1. The van der Waals surface area contributed by atoms with Crippen LogP contribution in [0, 0.1) is 0 Å². The zero-order valence-electron chi connectivity index (χ0n) is 7.28. The maximum absolute atomic E-state index is 10.9. The zero-order valence-corrected chi connectivity index (χ0v) is 7.28. The number of aryl methyl sites for hydroxylation is 1. The van der Waals surface area contributed by atoms with Crippen LogP contribution in [0.3, 0.4) is 0 Å². The van der Waals surface area contributed by atoms with Gasteiger partial charge < -0.3 is 9.63 Å². The van der Waals surface area contributed by atoms with Crippen molar-refractivity contribution in [1.29, 1.82) is 0 Å². The van der Waals surface area contributed by atoms with E-state index in [1.165, 1.54) is 17.1 Å². The average molecular weight is 171 g/mol. The molecule has 0 fully saturated rings. The van der Waals surface area contributed by atoms with Crippen LogP contribution in [0.5, 0.6) is 0 Å². The molecule has 0 aliphatic carbocycles. The van der Waals surface area contributed by atoms with Gasteiger partial charge >= 0.3 is 0 Å². The summed E-state index contributed by atoms with van der Waals surface area (Å²) in [5, 5.41) is 9.35. The maximum atomic E-state index is 10.9. The van der Waals surface area contributed by atoms with Crippen molar-refractivity contribution in [1.82, 2.24) is 4.74 Å². The Morgan fingerprint density at radius 1 is 1.67 bits per heavy atom. The molecule has 0 bridgehead atoms. The summed E-state index contributed by atoms with van der Waals surface area (Å²) in [5.41, 5.74) is -0.925. The van der Waals surface area contributed by atoms with E-state index in [2.05, 4.69) is 0 Å². The van der Waals surface area contributed by atoms with Crippen LogP contribution in [0.15, 0.2) is 21.6 Å². The van der Waals surface area contributed by atoms with Crippen molar-refractivity contribution in [3.63, 3.8) is 0 Å². The lowest BCUT2D eigenvalue weighted by molar-refractivity contribution is 0.0565. The smallest absolute Gasteiger partial charge is 0.282 e. The molecular formula is C8H13NO3. The fourth-order valence-corrected chi connectivity index (χ4v) is 0.835. The quantitative estimate of drug-likeness (QED) is 0.724. The minimum absolute atomic E-state index is 0.167. The van der Waals surface area contributed by atoms with Crippen molar-refractivity contribution in [3.8, 4) is 0 Å². The maximum Gasteiger partial charge on any atom is 0.282 e. The molecule has 68 valence electrons. The van der Waals surface area contributed by atoms with Crippen molar-refractivity contribution >= 4 is 0 Å². The van der Waals surface area contributed by atoms with Crippen molar-refractivity contribution in [2.24, 2.45) is 0 Å². The second-order valence-electron chi connectivity index (χ2n) is 3.41. The number of rotatable bonds is 3. The van der Waals surface area contributed by atoms with Gasteiger partial charge in [-0.15, -0.1) is 0 Å². The molecule has 0 radical (unpaired) electrons. The Morgan fingerprint density at radius 3 is 2.75 bits per heavy atom. The Hall–Kier alpha value is -1.03. The number of aromatic nitrogens is 1. The first-order valence-corrected chi connectivity index (χ1v) is 3.86. The lowest BCUT2D eigenvalue weighted by Crippen LogP contribution is -2.24. The highest BCUT2D eigenvalue weighted by Crippen LogP contribution is 2.07. The lowest BCUT2D eigenvalue weighted by atomic mass is 10.1. The topological polar surface area (TPSA) is 55.4 Å². The van der Waals surface area contributed by atoms with Gasteiger partial charge in [0.1, 0.15) is 6.26 Å². The van der Waals surface area contributed by atoms with Gasteiger partial charge in [-0.1, -0.05) is 0 Å². The highest BCUT2D eigenvalue weighted by atomic mass is 16.5. The van der Waals surface area contributed by atoms with Crippen molar-refractivity contribution in [3.05, 3.63) is 22.7 Å². The van der Waals surface area contributed by atoms with Gasteiger partial charge in [0.05, 0.1) is 12.1 Å². The van der Waals surface area contributed by atoms with Gasteiger partial charge in [-0.25, -0.2) is 0 Å². The van der Waals surface area contributed by atoms with Gasteiger partial charge in [-0.3, -0.25) is 4.79 Å². The predicted molar refractivity (Wildman–Crippen MR) is 43.9 cm³/mol. The van der Waals surface area contributed by atoms with Crippen molar-refractivity contribution < 1.29 is 9.63 Å². The highest BCUT2D eigenvalue weighted by molar-refractivity contribution is 4.76. The molecule has 1 N–H and O–H groups in total. The second kappa shape index (κ2) is 3.15. The molecule has 12 heavy (non-hydrogen) atoms. The Bertz CT molecular complexity index is 292. The predicted octanol–water partition coefficient (Wildman–Crippen LogP) is 0.602. The monoisotopic (exact) mass is 171 g/mol. The minimum Gasteiger partial charge on any atom is -0.390 e.